The van der Waals surface area contributed by atoms with Crippen molar-refractivity contribution >= 4 is 133 Å². The van der Waals surface area contributed by atoms with Crippen LogP contribution in [0.5, 0.6) is 0 Å². The van der Waals surface area contributed by atoms with Crippen LogP contribution in [-0.2, 0) is 74.0 Å². The molecule has 4 aliphatic rings. The summed E-state index contributed by atoms with van der Waals surface area (Å²) in [7, 11) is -0.362. The molecule has 2 saturated heterocycles. The Morgan fingerprint density at radius 3 is 1.80 bits per heavy atom. The highest BCUT2D eigenvalue weighted by atomic mass is 32.2. The number of para-hydroxylation sites is 2. The van der Waals surface area contributed by atoms with Crippen molar-refractivity contribution in [3.05, 3.63) is 163 Å². The van der Waals surface area contributed by atoms with E-state index < -0.39 is 160 Å². The fraction of sp³-hybridized carbons (Fsp3) is 0.407. The number of sulfonamides is 1. The van der Waals surface area contributed by atoms with Gasteiger partial charge in [-0.15, -0.1) is 11.8 Å². The van der Waals surface area contributed by atoms with Gasteiger partial charge >= 0.3 is 0 Å². The minimum absolute atomic E-state index is 0.0238. The summed E-state index contributed by atoms with van der Waals surface area (Å²) in [5.74, 6) is -11.6. The maximum atomic E-state index is 15.2. The summed E-state index contributed by atoms with van der Waals surface area (Å²) in [6.45, 7) is 5.01. The fourth-order valence-electron chi connectivity index (χ4n) is 14.4. The van der Waals surface area contributed by atoms with Crippen LogP contribution in [-0.4, -0.2) is 214 Å². The van der Waals surface area contributed by atoms with Crippen LogP contribution in [0.3, 0.4) is 0 Å². The quantitative estimate of drug-likeness (QED) is 0.00643. The van der Waals surface area contributed by atoms with Crippen LogP contribution in [0.25, 0.3) is 33.4 Å². The Balaban J connectivity index is 0.855. The molecule has 0 aromatic heterocycles. The zero-order valence-electron chi connectivity index (χ0n) is 70.2. The third-order valence-electron chi connectivity index (χ3n) is 21.1. The number of fused-ring (bicyclic) bond motifs is 2. The summed E-state index contributed by atoms with van der Waals surface area (Å²) in [6, 6.07) is 38.3. The predicted molar refractivity (Wildman–Crippen MR) is 470 cm³/mol. The summed E-state index contributed by atoms with van der Waals surface area (Å²) in [6.07, 6.45) is -0.629. The first-order chi connectivity index (χ1) is 59.2. The van der Waals surface area contributed by atoms with Gasteiger partial charge in [0.25, 0.3) is 0 Å². The van der Waals surface area contributed by atoms with Crippen molar-refractivity contribution < 1.29 is 70.4 Å². The highest BCUT2D eigenvalue weighted by molar-refractivity contribution is 8.00. The number of imide groups is 1. The molecule has 7 atom stereocenters. The normalized spacial score (nSPS) is 15.4. The zero-order valence-corrected chi connectivity index (χ0v) is 71.8. The van der Waals surface area contributed by atoms with E-state index in [9.17, 15) is 57.5 Å². The van der Waals surface area contributed by atoms with E-state index in [0.29, 0.717) is 39.0 Å². The van der Waals surface area contributed by atoms with Crippen molar-refractivity contribution in [1.82, 2.24) is 72.3 Å². The van der Waals surface area contributed by atoms with E-state index in [1.54, 1.807) is 82.3 Å². The van der Waals surface area contributed by atoms with Gasteiger partial charge in [0.1, 0.15) is 61.3 Å². The van der Waals surface area contributed by atoms with E-state index in [4.69, 9.17) is 38.2 Å². The van der Waals surface area contributed by atoms with Gasteiger partial charge in [-0.25, -0.2) is 8.42 Å². The Hall–Kier alpha value is -12.8. The molecule has 1 aliphatic carbocycles. The molecule has 3 aliphatic heterocycles. The Kier molecular flexibility index (Phi) is 34.8. The molecule has 36 nitrogen and oxygen atoms in total. The number of nitrogens with two attached hydrogens (primary N) is 4. The first-order valence-corrected chi connectivity index (χ1v) is 43.5. The number of thioether (sulfide) groups is 1. The number of benzene rings is 6. The molecule has 21 N–H and O–H groups in total. The van der Waals surface area contributed by atoms with Crippen molar-refractivity contribution in [2.45, 2.75) is 138 Å². The summed E-state index contributed by atoms with van der Waals surface area (Å²) >= 11 is 0.841. The monoisotopic (exact) mass is 1740 g/mol. The lowest BCUT2D eigenvalue weighted by Crippen LogP contribution is -2.61. The number of nitrogens with one attached hydrogen (secondary N) is 13. The number of nitrogens with zero attached hydrogens (tertiary/aromatic N) is 4. The molecule has 0 bridgehead atoms. The second kappa shape index (κ2) is 45.4. The Morgan fingerprint density at radius 1 is 0.605 bits per heavy atom. The van der Waals surface area contributed by atoms with Gasteiger partial charge in [-0.1, -0.05) is 113 Å². The lowest BCUT2D eigenvalue weighted by molar-refractivity contribution is -0.140. The lowest BCUT2D eigenvalue weighted by atomic mass is 9.93. The van der Waals surface area contributed by atoms with E-state index in [-0.39, 0.29) is 119 Å². The predicted octanol–water partition coefficient (Wildman–Crippen LogP) is 1.49. The van der Waals surface area contributed by atoms with Crippen molar-refractivity contribution in [2.75, 3.05) is 77.2 Å². The van der Waals surface area contributed by atoms with E-state index in [1.807, 2.05) is 121 Å². The molecule has 662 valence electrons. The third-order valence-corrected chi connectivity index (χ3v) is 24.4. The first-order valence-electron chi connectivity index (χ1n) is 41.0. The maximum absolute atomic E-state index is 15.2. The number of rotatable bonds is 43. The van der Waals surface area contributed by atoms with Crippen molar-refractivity contribution in [3.8, 4) is 22.5 Å². The third kappa shape index (κ3) is 26.6. The average Bonchev–Trinajstić information content (AvgIpc) is 0.843. The van der Waals surface area contributed by atoms with Gasteiger partial charge in [0.05, 0.1) is 29.3 Å². The number of carbonyl (C=O) groups is 12. The molecule has 5 aromatic carbocycles. The largest absolute Gasteiger partial charge is 0.456 e. The van der Waals surface area contributed by atoms with Crippen molar-refractivity contribution in [3.63, 3.8) is 0 Å². The lowest BCUT2D eigenvalue weighted by Gasteiger charge is -2.31. The van der Waals surface area contributed by atoms with Gasteiger partial charge in [0.2, 0.25) is 92.0 Å². The number of amides is 12. The van der Waals surface area contributed by atoms with Crippen LogP contribution in [0, 0.1) is 28.6 Å². The van der Waals surface area contributed by atoms with E-state index in [1.165, 1.54) is 4.31 Å². The molecule has 38 heteroatoms. The number of anilines is 2. The molecule has 3 heterocycles. The van der Waals surface area contributed by atoms with Gasteiger partial charge in [0.15, 0.2) is 11.9 Å². The Morgan fingerprint density at radius 2 is 1.19 bits per heavy atom. The minimum Gasteiger partial charge on any atom is -0.456 e. The van der Waals surface area contributed by atoms with Gasteiger partial charge < -0.3 is 90.7 Å². The highest BCUT2D eigenvalue weighted by Gasteiger charge is 2.42. The van der Waals surface area contributed by atoms with Crippen LogP contribution >= 0.6 is 11.8 Å². The molecule has 5 aromatic rings. The SMILES string of the molecule is CC(C)C[C@H](NC(=O)[C@@H](Cc1ccccc1)NC(=O)CNC(=O)CN)C(=O)N[C@@H](CCCNC(=N)N)C(=O)N[C@@H](CCCNC(=N)N)C(=O)N[C@H](C(=O)N[C@@H](CSC1CC(=O)N(CNC(=O)C2CCN(S(=O)(=O)c3ccccc3-c3c4ccc(=[N+](C)c5ccccc5)cc-4oc4cc(N(C)c5ccccc5)ccc34)CC2)C1=O)C(=O)NCCC(N)=O)C(C)C. The van der Waals surface area contributed by atoms with Crippen LogP contribution in [0.15, 0.2) is 161 Å². The molecule has 124 heavy (non-hydrogen) atoms. The average molecular weight is 1740 g/mol. The second-order valence-corrected chi connectivity index (χ2v) is 34.2. The number of hydrogen-bond donors (Lipinski definition) is 17. The van der Waals surface area contributed by atoms with Crippen LogP contribution < -0.4 is 96.3 Å². The number of carbonyl (C=O) groups excluding carboxylic acids is 12. The van der Waals surface area contributed by atoms with Gasteiger partial charge in [-0.2, -0.15) is 8.88 Å². The number of hydrogen-bond acceptors (Lipinski definition) is 20. The molecule has 9 rings (SSSR count). The first kappa shape index (κ1) is 95.0. The fourth-order valence-corrected chi connectivity index (χ4v) is 17.2. The van der Waals surface area contributed by atoms with Crippen LogP contribution in [0.4, 0.5) is 17.1 Å². The maximum Gasteiger partial charge on any atom is 0.244 e. The molecule has 0 radical (unpaired) electrons. The van der Waals surface area contributed by atoms with E-state index in [0.717, 1.165) is 39.1 Å². The molecule has 12 amide bonds. The molecule has 1 unspecified atom stereocenters. The van der Waals surface area contributed by atoms with Crippen LogP contribution in [0.2, 0.25) is 0 Å². The molecule has 2 fully saturated rings. The molecular weight excluding hydrogens is 1630 g/mol. The van der Waals surface area contributed by atoms with Gasteiger partial charge in [0, 0.05) is 128 Å². The summed E-state index contributed by atoms with van der Waals surface area (Å²) in [4.78, 5) is 169. The van der Waals surface area contributed by atoms with Crippen molar-refractivity contribution in [1.29, 1.82) is 10.8 Å². The zero-order chi connectivity index (χ0) is 89.9. The smallest absolute Gasteiger partial charge is 0.244 e. The standard InChI is InChI=1S/C86H111N21O15S2/c1-51(2)42-64(101-82(117)65(43-53-20-10-7-11-21-53)98-73(110)48-96-72(109)47-87)81(116)100-62(27-18-37-94-85(89)90)79(114)99-63(28-19-38-95-86(91)92)80(115)103-76(52(3)4)83(118)102-66(78(113)93-39-34-71(88)108)49-123-69-46-74(111)107(84(69)119)50-97-77(112)54-35-40-106(41-36-54)124(120,121)70-29-17-16-26-61(70)75-59-32-30-57(104(5)55-22-12-8-13-23-55)44-67(59)122-68-45-58(31-33-60(68)75)105(6)56-24-14-9-15-25-56/h7-17,20-26,29-33,44-45,51-52,54,62-66,69,76H,18-19,27-28,34-43,46-50,87H2,1-6H3,(H18-,88,89,90,91,92,93,94,95,96,97,98,99,100,101,102,103,108,109,110,112,113,114,115,116,117,118)/p+1/t62-,63-,64-,65+,66-,69?,76-/m0/s1. The van der Waals surface area contributed by atoms with Crippen LogP contribution in [0.1, 0.15) is 91.0 Å². The number of primary amides is 1. The molecule has 0 spiro atoms. The summed E-state index contributed by atoms with van der Waals surface area (Å²) in [5, 5.41) is 44.7. The topological polar surface area (TPSA) is 549 Å². The summed E-state index contributed by atoms with van der Waals surface area (Å²) in [5.41, 5.74) is 27.5. The Bertz CT molecular complexity index is 5170. The van der Waals surface area contributed by atoms with Gasteiger partial charge in [-0.05, 0) is 98.7 Å². The van der Waals surface area contributed by atoms with E-state index >= 15 is 8.42 Å². The van der Waals surface area contributed by atoms with Gasteiger partial charge in [-0.3, -0.25) is 73.3 Å². The van der Waals surface area contributed by atoms with E-state index in [2.05, 4.69) is 58.5 Å². The number of piperidine rings is 1. The van der Waals surface area contributed by atoms with Crippen molar-refractivity contribution in [2.24, 2.45) is 40.7 Å². The molecular formula is C86H112N21O15S2+. The minimum atomic E-state index is -4.26. The number of guanidine groups is 2. The second-order valence-electron chi connectivity index (χ2n) is 31.1. The number of likely N-dealkylation sites (tertiary alicyclic amines) is 1. The highest BCUT2D eigenvalue weighted by Crippen LogP contribution is 2.44. The molecule has 0 saturated carbocycles. The Labute approximate surface area is 723 Å². The summed E-state index contributed by atoms with van der Waals surface area (Å²) < 4.78 is 40.5.